The highest BCUT2D eigenvalue weighted by molar-refractivity contribution is 7.99. The molecular weight excluding hydrogens is 394 g/mol. The van der Waals surface area contributed by atoms with Crippen LogP contribution in [0.3, 0.4) is 0 Å². The van der Waals surface area contributed by atoms with Gasteiger partial charge in [-0.05, 0) is 63.1 Å². The number of aryl methyl sites for hydroxylation is 1. The number of benzene rings is 1. The highest BCUT2D eigenvalue weighted by Gasteiger charge is 2.19. The fourth-order valence-corrected chi connectivity index (χ4v) is 4.68. The molecule has 158 valence electrons. The highest BCUT2D eigenvalue weighted by atomic mass is 32.2. The lowest BCUT2D eigenvalue weighted by Crippen LogP contribution is -2.36. The predicted octanol–water partition coefficient (Wildman–Crippen LogP) is 4.52. The number of hydrogen-bond acceptors (Lipinski definition) is 6. The van der Waals surface area contributed by atoms with Gasteiger partial charge in [-0.1, -0.05) is 24.4 Å². The largest absolute Gasteiger partial charge is 0.493 e. The van der Waals surface area contributed by atoms with Crippen molar-refractivity contribution in [3.05, 3.63) is 42.1 Å². The summed E-state index contributed by atoms with van der Waals surface area (Å²) in [5, 5.41) is 4.46. The van der Waals surface area contributed by atoms with Crippen molar-refractivity contribution in [1.29, 1.82) is 0 Å². The minimum Gasteiger partial charge on any atom is -0.493 e. The molecule has 7 heteroatoms. The van der Waals surface area contributed by atoms with Gasteiger partial charge in [0.25, 0.3) is 0 Å². The molecule has 1 aromatic carbocycles. The van der Waals surface area contributed by atoms with Gasteiger partial charge in [-0.3, -0.25) is 0 Å². The van der Waals surface area contributed by atoms with Crippen molar-refractivity contribution in [2.24, 2.45) is 0 Å². The van der Waals surface area contributed by atoms with Crippen molar-refractivity contribution in [3.8, 4) is 5.75 Å². The molecule has 6 nitrogen and oxygen atoms in total. The van der Waals surface area contributed by atoms with Gasteiger partial charge in [-0.15, -0.1) is 0 Å². The summed E-state index contributed by atoms with van der Waals surface area (Å²) >= 11 is 1.63. The average Bonchev–Trinajstić information content (AvgIpc) is 3.29. The number of fused-ring (bicyclic) bond motifs is 2. The van der Waals surface area contributed by atoms with E-state index in [1.165, 1.54) is 5.56 Å². The van der Waals surface area contributed by atoms with Gasteiger partial charge in [0.2, 0.25) is 0 Å². The van der Waals surface area contributed by atoms with Crippen molar-refractivity contribution in [1.82, 2.24) is 19.9 Å². The summed E-state index contributed by atoms with van der Waals surface area (Å²) in [5.74, 6) is 1.42. The molecule has 0 saturated carbocycles. The van der Waals surface area contributed by atoms with Crippen LogP contribution in [0.1, 0.15) is 38.3 Å². The minimum atomic E-state index is 0.103. The minimum absolute atomic E-state index is 0.103. The van der Waals surface area contributed by atoms with Gasteiger partial charge >= 0.3 is 0 Å². The first-order valence-electron chi connectivity index (χ1n) is 10.3. The van der Waals surface area contributed by atoms with Crippen LogP contribution in [-0.2, 0) is 13.0 Å². The smallest absolute Gasteiger partial charge is 0.174 e. The topological polar surface area (TPSA) is 78.0 Å². The Bertz CT molecular complexity index is 1080. The van der Waals surface area contributed by atoms with Gasteiger partial charge in [-0.2, -0.15) is 0 Å². The van der Waals surface area contributed by atoms with E-state index in [1.807, 2.05) is 12.1 Å². The van der Waals surface area contributed by atoms with Crippen LogP contribution in [0.25, 0.3) is 17.1 Å². The lowest BCUT2D eigenvalue weighted by atomic mass is 10.1. The normalized spacial score (nSPS) is 13.4. The molecule has 0 atom stereocenters. The quantitative estimate of drug-likeness (QED) is 0.544. The van der Waals surface area contributed by atoms with Gasteiger partial charge in [-0.25, -0.2) is 9.97 Å². The fourth-order valence-electron chi connectivity index (χ4n) is 3.62. The van der Waals surface area contributed by atoms with E-state index in [1.54, 1.807) is 18.0 Å². The third-order valence-electron chi connectivity index (χ3n) is 5.12. The Morgan fingerprint density at radius 2 is 2.20 bits per heavy atom. The number of pyridine rings is 1. The van der Waals surface area contributed by atoms with Gasteiger partial charge in [0.1, 0.15) is 11.3 Å². The van der Waals surface area contributed by atoms with Crippen molar-refractivity contribution in [2.45, 2.75) is 55.7 Å². The summed E-state index contributed by atoms with van der Waals surface area (Å²) in [6.07, 6.45) is 5.58. The first kappa shape index (κ1) is 20.8. The summed E-state index contributed by atoms with van der Waals surface area (Å²) < 4.78 is 8.02. The lowest BCUT2D eigenvalue weighted by molar-refractivity contribution is 0.356. The van der Waals surface area contributed by atoms with Gasteiger partial charge in [0.15, 0.2) is 11.0 Å². The summed E-state index contributed by atoms with van der Waals surface area (Å²) in [6.45, 7) is 13.1. The van der Waals surface area contributed by atoms with Gasteiger partial charge < -0.3 is 20.4 Å². The van der Waals surface area contributed by atoms with E-state index in [9.17, 15) is 0 Å². The summed E-state index contributed by atoms with van der Waals surface area (Å²) in [6, 6.07) is 6.27. The monoisotopic (exact) mass is 423 g/mol. The average molecular weight is 424 g/mol. The maximum atomic E-state index is 6.13. The second kappa shape index (κ2) is 8.32. The number of anilines is 1. The molecule has 1 aliphatic heterocycles. The second-order valence-electron chi connectivity index (χ2n) is 8.54. The maximum Gasteiger partial charge on any atom is 0.174 e. The van der Waals surface area contributed by atoms with Crippen molar-refractivity contribution >= 4 is 34.7 Å². The Hall–Kier alpha value is -2.51. The molecule has 0 unspecified atom stereocenters. The standard InChI is InChI=1S/C23H29N5OS/c1-5-15-13-16-8-12-29-18(16)14-19(15)30-22-27-20-17(7-10-25-21(20)24)28(22)11-6-9-26-23(2,3)4/h5,7,10,13-14,26H,1,6,8-9,11-12H2,2-4H3,(H2,24,25). The molecule has 1 aliphatic rings. The van der Waals surface area contributed by atoms with Crippen LogP contribution in [0.15, 0.2) is 41.0 Å². The zero-order chi connectivity index (χ0) is 21.3. The van der Waals surface area contributed by atoms with Gasteiger partial charge in [0, 0.05) is 29.6 Å². The Morgan fingerprint density at radius 3 is 2.97 bits per heavy atom. The number of aromatic nitrogens is 3. The predicted molar refractivity (Wildman–Crippen MR) is 124 cm³/mol. The zero-order valence-electron chi connectivity index (χ0n) is 17.9. The highest BCUT2D eigenvalue weighted by Crippen LogP contribution is 2.38. The molecule has 4 rings (SSSR count). The van der Waals surface area contributed by atoms with E-state index in [-0.39, 0.29) is 5.54 Å². The molecule has 3 N–H and O–H groups in total. The number of hydrogen-bond donors (Lipinski definition) is 2. The van der Waals surface area contributed by atoms with Crippen molar-refractivity contribution in [3.63, 3.8) is 0 Å². The van der Waals surface area contributed by atoms with Crippen molar-refractivity contribution < 1.29 is 4.74 Å². The number of nitrogens with two attached hydrogens (primary N) is 1. The van der Waals surface area contributed by atoms with E-state index in [0.29, 0.717) is 5.82 Å². The van der Waals surface area contributed by atoms with E-state index in [0.717, 1.165) is 64.9 Å². The first-order chi connectivity index (χ1) is 14.4. The fraction of sp³-hybridized carbons (Fsp3) is 0.391. The maximum absolute atomic E-state index is 6.13. The third-order valence-corrected chi connectivity index (χ3v) is 6.19. The molecule has 0 radical (unpaired) electrons. The van der Waals surface area contributed by atoms with Crippen LogP contribution >= 0.6 is 11.8 Å². The number of rotatable bonds is 7. The van der Waals surface area contributed by atoms with Crippen LogP contribution in [-0.4, -0.2) is 33.2 Å². The molecule has 3 heterocycles. The van der Waals surface area contributed by atoms with Crippen LogP contribution in [0.5, 0.6) is 5.75 Å². The molecule has 2 aromatic heterocycles. The molecule has 0 fully saturated rings. The number of imidazole rings is 1. The Morgan fingerprint density at radius 1 is 1.37 bits per heavy atom. The Kier molecular flexibility index (Phi) is 5.75. The molecule has 0 aliphatic carbocycles. The van der Waals surface area contributed by atoms with Crippen LogP contribution in [0.4, 0.5) is 5.82 Å². The number of nitrogens with zero attached hydrogens (tertiary/aromatic N) is 3. The van der Waals surface area contributed by atoms with Crippen LogP contribution in [0.2, 0.25) is 0 Å². The summed E-state index contributed by atoms with van der Waals surface area (Å²) in [5.41, 5.74) is 10.3. The molecule has 0 bridgehead atoms. The lowest BCUT2D eigenvalue weighted by Gasteiger charge is -2.20. The van der Waals surface area contributed by atoms with E-state index in [2.05, 4.69) is 54.4 Å². The van der Waals surface area contributed by atoms with Crippen LogP contribution < -0.4 is 15.8 Å². The number of ether oxygens (including phenoxy) is 1. The van der Waals surface area contributed by atoms with E-state index in [4.69, 9.17) is 15.5 Å². The van der Waals surface area contributed by atoms with E-state index < -0.39 is 0 Å². The molecule has 30 heavy (non-hydrogen) atoms. The summed E-state index contributed by atoms with van der Waals surface area (Å²) in [7, 11) is 0. The first-order valence-corrected chi connectivity index (χ1v) is 11.1. The zero-order valence-corrected chi connectivity index (χ0v) is 18.7. The Balaban J connectivity index is 1.67. The SMILES string of the molecule is C=Cc1cc2c(cc1Sc1nc3c(N)nccc3n1CCCNC(C)(C)C)OCC2. The van der Waals surface area contributed by atoms with Crippen LogP contribution in [0, 0.1) is 0 Å². The third kappa shape index (κ3) is 4.32. The van der Waals surface area contributed by atoms with Gasteiger partial charge in [0.05, 0.1) is 12.1 Å². The number of nitrogens with one attached hydrogen (secondary N) is 1. The summed E-state index contributed by atoms with van der Waals surface area (Å²) in [4.78, 5) is 10.2. The number of nitrogen functional groups attached to an aromatic ring is 1. The molecular formula is C23H29N5OS. The second-order valence-corrected chi connectivity index (χ2v) is 9.55. The molecule has 0 saturated heterocycles. The van der Waals surface area contributed by atoms with Crippen molar-refractivity contribution in [2.75, 3.05) is 18.9 Å². The Labute approximate surface area is 181 Å². The molecule has 0 amide bonds. The molecule has 0 spiro atoms. The molecule has 3 aromatic rings. The van der Waals surface area contributed by atoms with E-state index >= 15 is 0 Å².